The first kappa shape index (κ1) is 16.8. The van der Waals surface area contributed by atoms with Gasteiger partial charge in [0.25, 0.3) is 0 Å². The Labute approximate surface area is 153 Å². The highest BCUT2D eigenvalue weighted by molar-refractivity contribution is 6.30. The number of halogens is 2. The zero-order valence-corrected chi connectivity index (χ0v) is 14.2. The van der Waals surface area contributed by atoms with Gasteiger partial charge in [-0.25, -0.2) is 9.18 Å². The van der Waals surface area contributed by atoms with Crippen LogP contribution in [0.3, 0.4) is 0 Å². The van der Waals surface area contributed by atoms with Crippen molar-refractivity contribution in [3.63, 3.8) is 0 Å². The molecule has 0 aromatic heterocycles. The third kappa shape index (κ3) is 2.99. The number of benzene rings is 2. The van der Waals surface area contributed by atoms with Crippen LogP contribution in [0.25, 0.3) is 0 Å². The average molecular weight is 381 g/mol. The second-order valence-corrected chi connectivity index (χ2v) is 6.38. The van der Waals surface area contributed by atoms with E-state index in [2.05, 4.69) is 0 Å². The summed E-state index contributed by atoms with van der Waals surface area (Å²) < 4.78 is 35.7. The van der Waals surface area contributed by atoms with Crippen LogP contribution in [0.2, 0.25) is 5.02 Å². The molecule has 2 unspecified atom stereocenters. The Balaban J connectivity index is 1.50. The van der Waals surface area contributed by atoms with Crippen LogP contribution in [0.15, 0.2) is 30.3 Å². The number of rotatable bonds is 5. The number of fused-ring (bicyclic) bond motifs is 2. The molecule has 2 heterocycles. The van der Waals surface area contributed by atoms with Crippen LogP contribution in [0.4, 0.5) is 4.39 Å². The summed E-state index contributed by atoms with van der Waals surface area (Å²) in [7, 11) is 0. The zero-order chi connectivity index (χ0) is 18.3. The fraction of sp³-hybridized carbons (Fsp3) is 0.278. The Morgan fingerprint density at radius 3 is 2.92 bits per heavy atom. The first-order chi connectivity index (χ1) is 12.5. The van der Waals surface area contributed by atoms with Crippen molar-refractivity contribution in [2.24, 2.45) is 0 Å². The quantitative estimate of drug-likeness (QED) is 0.855. The van der Waals surface area contributed by atoms with Crippen LogP contribution in [0.5, 0.6) is 23.0 Å². The van der Waals surface area contributed by atoms with E-state index in [4.69, 9.17) is 35.7 Å². The third-order valence-electron chi connectivity index (χ3n) is 4.30. The summed E-state index contributed by atoms with van der Waals surface area (Å²) in [6, 6.07) is 8.30. The first-order valence-corrected chi connectivity index (χ1v) is 8.25. The minimum atomic E-state index is -2.01. The van der Waals surface area contributed by atoms with Crippen molar-refractivity contribution in [2.75, 3.05) is 13.4 Å². The topological polar surface area (TPSA) is 74.2 Å². The number of aliphatic carboxylic acids is 1. The van der Waals surface area contributed by atoms with Gasteiger partial charge in [0.1, 0.15) is 18.1 Å². The van der Waals surface area contributed by atoms with Gasteiger partial charge in [0, 0.05) is 28.3 Å². The van der Waals surface area contributed by atoms with Crippen LogP contribution < -0.4 is 18.9 Å². The van der Waals surface area contributed by atoms with E-state index < -0.39 is 18.1 Å². The van der Waals surface area contributed by atoms with E-state index in [-0.39, 0.29) is 20.0 Å². The highest BCUT2D eigenvalue weighted by atomic mass is 35.5. The largest absolute Gasteiger partial charge is 0.492 e. The molecule has 2 aliphatic rings. The smallest absolute Gasteiger partial charge is 0.339 e. The molecule has 8 heteroatoms. The molecule has 2 aromatic rings. The Morgan fingerprint density at radius 2 is 2.12 bits per heavy atom. The monoisotopic (exact) mass is 380 g/mol. The standard InChI is InChI=1S/C18H14ClFO6/c19-10-3-9(17-15(4-10)25-8-26-17)6-23-11-1-2-12-13(16(20)18(21)22)7-24-14(12)5-11/h1-5,13,16H,6-8H2,(H,21,22). The molecule has 0 spiro atoms. The fourth-order valence-electron chi connectivity index (χ4n) is 3.03. The highest BCUT2D eigenvalue weighted by Crippen LogP contribution is 2.41. The maximum atomic E-state index is 13.8. The first-order valence-electron chi connectivity index (χ1n) is 7.87. The number of alkyl halides is 1. The van der Waals surface area contributed by atoms with E-state index in [1.54, 1.807) is 30.3 Å². The maximum absolute atomic E-state index is 13.8. The molecule has 26 heavy (non-hydrogen) atoms. The molecular weight excluding hydrogens is 367 g/mol. The Morgan fingerprint density at radius 1 is 1.27 bits per heavy atom. The van der Waals surface area contributed by atoms with E-state index in [1.165, 1.54) is 0 Å². The lowest BCUT2D eigenvalue weighted by molar-refractivity contribution is -0.143. The number of carboxylic acids is 1. The average Bonchev–Trinajstić information content (AvgIpc) is 3.24. The van der Waals surface area contributed by atoms with E-state index in [0.29, 0.717) is 33.6 Å². The van der Waals surface area contributed by atoms with Crippen LogP contribution in [-0.2, 0) is 11.4 Å². The Hall–Kier alpha value is -2.67. The summed E-state index contributed by atoms with van der Waals surface area (Å²) in [6.45, 7) is 0.305. The van der Waals surface area contributed by atoms with Gasteiger partial charge in [0.2, 0.25) is 13.0 Å². The summed E-state index contributed by atoms with van der Waals surface area (Å²) in [5.41, 5.74) is 1.26. The third-order valence-corrected chi connectivity index (χ3v) is 4.52. The molecule has 0 saturated heterocycles. The molecule has 6 nitrogen and oxygen atoms in total. The molecule has 1 N–H and O–H groups in total. The van der Waals surface area contributed by atoms with Crippen molar-refractivity contribution in [1.29, 1.82) is 0 Å². The predicted octanol–water partition coefficient (Wildman–Crippen LogP) is 3.55. The van der Waals surface area contributed by atoms with Gasteiger partial charge in [0.05, 0.1) is 12.5 Å². The van der Waals surface area contributed by atoms with Gasteiger partial charge in [-0.1, -0.05) is 17.7 Å². The van der Waals surface area contributed by atoms with Crippen LogP contribution in [-0.4, -0.2) is 30.6 Å². The summed E-state index contributed by atoms with van der Waals surface area (Å²) in [6.07, 6.45) is -2.01. The number of hydrogen-bond acceptors (Lipinski definition) is 5. The van der Waals surface area contributed by atoms with Crippen molar-refractivity contribution in [1.82, 2.24) is 0 Å². The molecule has 4 rings (SSSR count). The second-order valence-electron chi connectivity index (χ2n) is 5.94. The second kappa shape index (κ2) is 6.57. The van der Waals surface area contributed by atoms with Crippen molar-refractivity contribution >= 4 is 17.6 Å². The summed E-state index contributed by atoms with van der Waals surface area (Å²) in [5, 5.41) is 9.35. The zero-order valence-electron chi connectivity index (χ0n) is 13.4. The van der Waals surface area contributed by atoms with Gasteiger partial charge in [-0.3, -0.25) is 0 Å². The molecule has 0 fully saturated rings. The molecule has 0 amide bonds. The maximum Gasteiger partial charge on any atom is 0.339 e. The SMILES string of the molecule is O=C(O)C(F)C1COc2cc(OCc3cc(Cl)cc4c3OCO4)ccc21. The van der Waals surface area contributed by atoms with Crippen LogP contribution >= 0.6 is 11.6 Å². The van der Waals surface area contributed by atoms with Gasteiger partial charge in [-0.2, -0.15) is 0 Å². The predicted molar refractivity (Wildman–Crippen MR) is 89.1 cm³/mol. The normalized spacial score (nSPS) is 18.2. The Kier molecular flexibility index (Phi) is 4.24. The van der Waals surface area contributed by atoms with Crippen LogP contribution in [0, 0.1) is 0 Å². The fourth-order valence-corrected chi connectivity index (χ4v) is 3.26. The minimum Gasteiger partial charge on any atom is -0.492 e. The van der Waals surface area contributed by atoms with Gasteiger partial charge >= 0.3 is 5.97 Å². The van der Waals surface area contributed by atoms with Gasteiger partial charge in [0.15, 0.2) is 11.5 Å². The van der Waals surface area contributed by atoms with Gasteiger partial charge < -0.3 is 24.1 Å². The van der Waals surface area contributed by atoms with Gasteiger partial charge in [-0.05, 0) is 12.1 Å². The van der Waals surface area contributed by atoms with Crippen molar-refractivity contribution < 1.29 is 33.2 Å². The molecule has 2 atom stereocenters. The highest BCUT2D eigenvalue weighted by Gasteiger charge is 2.36. The molecule has 0 aliphatic carbocycles. The summed E-state index contributed by atoms with van der Waals surface area (Å²) >= 11 is 6.06. The van der Waals surface area contributed by atoms with Crippen LogP contribution in [0.1, 0.15) is 17.0 Å². The lowest BCUT2D eigenvalue weighted by atomic mass is 9.96. The molecule has 2 aromatic carbocycles. The Bertz CT molecular complexity index is 871. The van der Waals surface area contributed by atoms with Crippen molar-refractivity contribution in [3.05, 3.63) is 46.5 Å². The lowest BCUT2D eigenvalue weighted by Gasteiger charge is -2.12. The number of ether oxygens (including phenoxy) is 4. The summed E-state index contributed by atoms with van der Waals surface area (Å²) in [4.78, 5) is 10.9. The molecular formula is C18H14ClFO6. The van der Waals surface area contributed by atoms with E-state index in [0.717, 1.165) is 5.56 Å². The molecule has 0 saturated carbocycles. The van der Waals surface area contributed by atoms with Gasteiger partial charge in [-0.15, -0.1) is 0 Å². The van der Waals surface area contributed by atoms with Crippen molar-refractivity contribution in [2.45, 2.75) is 18.7 Å². The number of carbonyl (C=O) groups is 1. The minimum absolute atomic E-state index is 0.0146. The van der Waals surface area contributed by atoms with E-state index >= 15 is 0 Å². The molecule has 2 aliphatic heterocycles. The van der Waals surface area contributed by atoms with E-state index in [1.807, 2.05) is 0 Å². The lowest BCUT2D eigenvalue weighted by Crippen LogP contribution is -2.24. The molecule has 0 radical (unpaired) electrons. The number of hydrogen-bond donors (Lipinski definition) is 1. The summed E-state index contributed by atoms with van der Waals surface area (Å²) in [5.74, 6) is -0.232. The molecule has 0 bridgehead atoms. The van der Waals surface area contributed by atoms with E-state index in [9.17, 15) is 9.18 Å². The molecule has 136 valence electrons. The van der Waals surface area contributed by atoms with Crippen molar-refractivity contribution in [3.8, 4) is 23.0 Å². The number of carboxylic acid groups (broad SMARTS) is 1.